The van der Waals surface area contributed by atoms with Crippen molar-refractivity contribution < 1.29 is 15.0 Å². The Morgan fingerprint density at radius 3 is 2.36 bits per heavy atom. The third-order valence-corrected chi connectivity index (χ3v) is 3.61. The number of amides is 1. The Morgan fingerprint density at radius 2 is 1.73 bits per heavy atom. The highest BCUT2D eigenvalue weighted by Crippen LogP contribution is 2.14. The minimum Gasteiger partial charge on any atom is -0.508 e. The maximum atomic E-state index is 11.9. The maximum absolute atomic E-state index is 11.9. The third kappa shape index (κ3) is 4.90. The molecule has 0 radical (unpaired) electrons. The molecular weight excluding hydrogens is 278 g/mol. The van der Waals surface area contributed by atoms with Gasteiger partial charge in [0.15, 0.2) is 0 Å². The maximum Gasteiger partial charge on any atom is 0.220 e. The van der Waals surface area contributed by atoms with E-state index in [-0.39, 0.29) is 24.2 Å². The van der Waals surface area contributed by atoms with Gasteiger partial charge in [0.25, 0.3) is 0 Å². The highest BCUT2D eigenvalue weighted by atomic mass is 16.3. The van der Waals surface area contributed by atoms with Gasteiger partial charge in [0.2, 0.25) is 5.91 Å². The topological polar surface area (TPSA) is 69.6 Å². The first kappa shape index (κ1) is 16.0. The lowest BCUT2D eigenvalue weighted by atomic mass is 10.00. The van der Waals surface area contributed by atoms with E-state index in [9.17, 15) is 15.0 Å². The fraction of sp³-hybridized carbons (Fsp3) is 0.278. The Hall–Kier alpha value is -2.33. The second-order valence-corrected chi connectivity index (χ2v) is 5.26. The molecule has 1 unspecified atom stereocenters. The molecule has 22 heavy (non-hydrogen) atoms. The number of carbonyl (C=O) groups excluding carboxylic acids is 1. The standard InChI is InChI=1S/C18H21NO3/c20-13-16(15-4-2-1-3-5-15)12-19-18(22)11-8-14-6-9-17(21)10-7-14/h1-7,9-10,16,20-21H,8,11-13H2,(H,19,22). The highest BCUT2D eigenvalue weighted by Gasteiger charge is 2.11. The average Bonchev–Trinajstić information content (AvgIpc) is 2.56. The van der Waals surface area contributed by atoms with Crippen LogP contribution < -0.4 is 5.32 Å². The van der Waals surface area contributed by atoms with E-state index < -0.39 is 0 Å². The van der Waals surface area contributed by atoms with Crippen molar-refractivity contribution >= 4 is 5.91 Å². The summed E-state index contributed by atoms with van der Waals surface area (Å²) in [6.07, 6.45) is 1.01. The van der Waals surface area contributed by atoms with Crippen LogP contribution in [0.1, 0.15) is 23.5 Å². The molecule has 4 nitrogen and oxygen atoms in total. The zero-order chi connectivity index (χ0) is 15.8. The highest BCUT2D eigenvalue weighted by molar-refractivity contribution is 5.76. The second kappa shape index (κ2) is 8.20. The molecule has 0 aliphatic carbocycles. The lowest BCUT2D eigenvalue weighted by Gasteiger charge is -2.15. The minimum absolute atomic E-state index is 0.00224. The Labute approximate surface area is 130 Å². The molecule has 2 rings (SSSR count). The molecule has 0 aliphatic rings. The average molecular weight is 299 g/mol. The molecule has 4 heteroatoms. The van der Waals surface area contributed by atoms with Gasteiger partial charge in [0, 0.05) is 18.9 Å². The van der Waals surface area contributed by atoms with Gasteiger partial charge in [-0.25, -0.2) is 0 Å². The van der Waals surface area contributed by atoms with E-state index in [1.807, 2.05) is 42.5 Å². The van der Waals surface area contributed by atoms with E-state index >= 15 is 0 Å². The number of aliphatic hydroxyl groups is 1. The number of aromatic hydroxyl groups is 1. The molecule has 0 spiro atoms. The van der Waals surface area contributed by atoms with E-state index in [0.29, 0.717) is 19.4 Å². The van der Waals surface area contributed by atoms with Crippen molar-refractivity contribution in [3.05, 3.63) is 65.7 Å². The number of hydrogen-bond acceptors (Lipinski definition) is 3. The number of hydrogen-bond donors (Lipinski definition) is 3. The number of rotatable bonds is 7. The summed E-state index contributed by atoms with van der Waals surface area (Å²) in [5.74, 6) is 0.100. The molecule has 0 aromatic heterocycles. The first-order valence-electron chi connectivity index (χ1n) is 7.39. The van der Waals surface area contributed by atoms with Gasteiger partial charge in [-0.2, -0.15) is 0 Å². The van der Waals surface area contributed by atoms with Crippen molar-refractivity contribution in [2.24, 2.45) is 0 Å². The lowest BCUT2D eigenvalue weighted by molar-refractivity contribution is -0.121. The van der Waals surface area contributed by atoms with Crippen molar-refractivity contribution in [3.8, 4) is 5.75 Å². The zero-order valence-corrected chi connectivity index (χ0v) is 12.4. The predicted molar refractivity (Wildman–Crippen MR) is 85.7 cm³/mol. The second-order valence-electron chi connectivity index (χ2n) is 5.26. The fourth-order valence-corrected chi connectivity index (χ4v) is 2.26. The molecule has 2 aromatic carbocycles. The summed E-state index contributed by atoms with van der Waals surface area (Å²) < 4.78 is 0. The van der Waals surface area contributed by atoms with Crippen LogP contribution in [-0.4, -0.2) is 29.3 Å². The number of aliphatic hydroxyl groups excluding tert-OH is 1. The number of benzene rings is 2. The summed E-state index contributed by atoms with van der Waals surface area (Å²) in [5, 5.41) is 21.5. The van der Waals surface area contributed by atoms with Gasteiger partial charge in [-0.3, -0.25) is 4.79 Å². The lowest BCUT2D eigenvalue weighted by Crippen LogP contribution is -2.29. The van der Waals surface area contributed by atoms with E-state index in [2.05, 4.69) is 5.32 Å². The number of nitrogens with one attached hydrogen (secondary N) is 1. The first-order chi connectivity index (χ1) is 10.7. The van der Waals surface area contributed by atoms with Gasteiger partial charge < -0.3 is 15.5 Å². The van der Waals surface area contributed by atoms with Crippen molar-refractivity contribution in [2.75, 3.05) is 13.2 Å². The quantitative estimate of drug-likeness (QED) is 0.734. The van der Waals surface area contributed by atoms with Crippen molar-refractivity contribution in [1.29, 1.82) is 0 Å². The summed E-state index contributed by atoms with van der Waals surface area (Å²) in [7, 11) is 0. The van der Waals surface area contributed by atoms with Crippen LogP contribution in [0.5, 0.6) is 5.75 Å². The Morgan fingerprint density at radius 1 is 1.05 bits per heavy atom. The van der Waals surface area contributed by atoms with Crippen LogP contribution in [0.3, 0.4) is 0 Å². The molecule has 0 bridgehead atoms. The van der Waals surface area contributed by atoms with Gasteiger partial charge in [-0.1, -0.05) is 42.5 Å². The van der Waals surface area contributed by atoms with Gasteiger partial charge in [0.1, 0.15) is 5.75 Å². The predicted octanol–water partition coefficient (Wildman–Crippen LogP) is 2.22. The van der Waals surface area contributed by atoms with Gasteiger partial charge in [-0.15, -0.1) is 0 Å². The Balaban J connectivity index is 1.78. The molecule has 0 fully saturated rings. The third-order valence-electron chi connectivity index (χ3n) is 3.61. The van der Waals surface area contributed by atoms with Gasteiger partial charge in [-0.05, 0) is 29.7 Å². The van der Waals surface area contributed by atoms with Gasteiger partial charge in [0.05, 0.1) is 6.61 Å². The summed E-state index contributed by atoms with van der Waals surface area (Å²) >= 11 is 0. The molecule has 2 aromatic rings. The molecule has 3 N–H and O–H groups in total. The van der Waals surface area contributed by atoms with E-state index in [4.69, 9.17) is 0 Å². The molecule has 116 valence electrons. The number of phenolic OH excluding ortho intramolecular Hbond substituents is 1. The number of aryl methyl sites for hydroxylation is 1. The molecule has 1 atom stereocenters. The van der Waals surface area contributed by atoms with Crippen LogP contribution in [0.2, 0.25) is 0 Å². The van der Waals surface area contributed by atoms with Crippen molar-refractivity contribution in [1.82, 2.24) is 5.32 Å². The first-order valence-corrected chi connectivity index (χ1v) is 7.39. The zero-order valence-electron chi connectivity index (χ0n) is 12.4. The minimum atomic E-state index is -0.0844. The summed E-state index contributed by atoms with van der Waals surface area (Å²) in [5.41, 5.74) is 2.03. The SMILES string of the molecule is O=C(CCc1ccc(O)cc1)NCC(CO)c1ccccc1. The van der Waals surface area contributed by atoms with Gasteiger partial charge >= 0.3 is 0 Å². The summed E-state index contributed by atoms with van der Waals surface area (Å²) in [6.45, 7) is 0.428. The Kier molecular flexibility index (Phi) is 5.98. The summed E-state index contributed by atoms with van der Waals surface area (Å²) in [6, 6.07) is 16.5. The van der Waals surface area contributed by atoms with Crippen LogP contribution >= 0.6 is 0 Å². The van der Waals surface area contributed by atoms with E-state index in [1.54, 1.807) is 12.1 Å². The largest absolute Gasteiger partial charge is 0.508 e. The van der Waals surface area contributed by atoms with Crippen LogP contribution in [0, 0.1) is 0 Å². The van der Waals surface area contributed by atoms with Crippen molar-refractivity contribution in [3.63, 3.8) is 0 Å². The van der Waals surface area contributed by atoms with Crippen molar-refractivity contribution in [2.45, 2.75) is 18.8 Å². The van der Waals surface area contributed by atoms with Crippen LogP contribution in [0.4, 0.5) is 0 Å². The molecule has 0 saturated carbocycles. The number of phenols is 1. The smallest absolute Gasteiger partial charge is 0.220 e. The van der Waals surface area contributed by atoms with Crippen LogP contribution in [0.25, 0.3) is 0 Å². The molecule has 0 aliphatic heterocycles. The van der Waals surface area contributed by atoms with E-state index in [0.717, 1.165) is 11.1 Å². The van der Waals surface area contributed by atoms with E-state index in [1.165, 1.54) is 0 Å². The molecule has 1 amide bonds. The monoisotopic (exact) mass is 299 g/mol. The summed E-state index contributed by atoms with van der Waals surface area (Å²) in [4.78, 5) is 11.9. The van der Waals surface area contributed by atoms with Crippen LogP contribution in [0.15, 0.2) is 54.6 Å². The molecular formula is C18H21NO3. The van der Waals surface area contributed by atoms with Crippen LogP contribution in [-0.2, 0) is 11.2 Å². The molecule has 0 heterocycles. The Bertz CT molecular complexity index is 581. The molecule has 0 saturated heterocycles. The normalized spacial score (nSPS) is 11.9. The fourth-order valence-electron chi connectivity index (χ4n) is 2.26. The number of carbonyl (C=O) groups is 1.